The fourth-order valence-corrected chi connectivity index (χ4v) is 11.7. The molecule has 0 saturated carbocycles. The number of anilines is 4. The van der Waals surface area contributed by atoms with Crippen LogP contribution in [0.25, 0.3) is 43.1 Å². The molecule has 0 bridgehead atoms. The molecule has 0 unspecified atom stereocenters. The highest BCUT2D eigenvalue weighted by Crippen LogP contribution is 2.46. The minimum Gasteiger partial charge on any atom is -0.505 e. The first-order valence-electron chi connectivity index (χ1n) is 23.7. The standard InChI is InChI=1S/C52H37N11O17S5/c53-28-1-10-35-26(19-28)21-47(84(75,76)77)49(51(35)64)62-60-42-16-17-43(39-24-33(81(66,67)68)9-13-38(39)42)59-57-32-7-14-45(46(23-32)83(72,73)74)55-30-3-5-31(6-4-30)56-58-41-15-18-44(40-25-34(82(69,70)71)8-12-37(40)41)61-63-50-48(85(78,79)80)22-27-20-29(54)2-11-36(27)52(50)65/h1-25,55,64-65H,53-54H2,(H,66,67,68)(H,69,70,71)(H,72,73,74)(H,75,76,77)(H,78,79,80). The molecule has 0 spiro atoms. The maximum absolute atomic E-state index is 12.8. The van der Waals surface area contributed by atoms with E-state index in [1.165, 1.54) is 109 Å². The Morgan fingerprint density at radius 2 is 0.706 bits per heavy atom. The van der Waals surface area contributed by atoms with Gasteiger partial charge in [-0.15, -0.1) is 30.7 Å². The third kappa shape index (κ3) is 12.3. The molecular weight excluding hydrogens is 1210 g/mol. The summed E-state index contributed by atoms with van der Waals surface area (Å²) in [6.45, 7) is 0. The summed E-state index contributed by atoms with van der Waals surface area (Å²) in [6, 6.07) is 31.7. The molecule has 12 N–H and O–H groups in total. The fraction of sp³-hybridized carbons (Fsp3) is 0. The number of fused-ring (bicyclic) bond motifs is 4. The molecule has 85 heavy (non-hydrogen) atoms. The normalized spacial score (nSPS) is 13.0. The second-order valence-corrected chi connectivity index (χ2v) is 25.3. The number of phenols is 2. The van der Waals surface area contributed by atoms with Gasteiger partial charge >= 0.3 is 0 Å². The van der Waals surface area contributed by atoms with E-state index < -0.39 is 97.9 Å². The number of nitrogen functional groups attached to an aromatic ring is 2. The van der Waals surface area contributed by atoms with Crippen LogP contribution in [0, 0.1) is 0 Å². The molecule has 0 fully saturated rings. The predicted octanol–water partition coefficient (Wildman–Crippen LogP) is 12.5. The van der Waals surface area contributed by atoms with E-state index in [0.29, 0.717) is 0 Å². The molecule has 0 heterocycles. The summed E-state index contributed by atoms with van der Waals surface area (Å²) in [5.74, 6) is -1.36. The van der Waals surface area contributed by atoms with Crippen molar-refractivity contribution >= 4 is 162 Å². The number of nitrogens with zero attached hydrogens (tertiary/aromatic N) is 8. The summed E-state index contributed by atoms with van der Waals surface area (Å²) in [5, 5.41) is 58.6. The number of nitrogens with two attached hydrogens (primary N) is 2. The Kier molecular flexibility index (Phi) is 14.9. The highest BCUT2D eigenvalue weighted by molar-refractivity contribution is 7.87. The van der Waals surface area contributed by atoms with Gasteiger partial charge in [-0.3, -0.25) is 22.8 Å². The van der Waals surface area contributed by atoms with Crippen LogP contribution in [-0.2, 0) is 50.6 Å². The first kappa shape index (κ1) is 58.4. The van der Waals surface area contributed by atoms with Crippen molar-refractivity contribution in [2.45, 2.75) is 24.5 Å². The van der Waals surface area contributed by atoms with E-state index in [0.717, 1.165) is 42.5 Å². The number of azo groups is 4. The lowest BCUT2D eigenvalue weighted by Gasteiger charge is -2.11. The van der Waals surface area contributed by atoms with Crippen molar-refractivity contribution in [2.75, 3.05) is 16.8 Å². The van der Waals surface area contributed by atoms with Crippen molar-refractivity contribution in [3.05, 3.63) is 152 Å². The van der Waals surface area contributed by atoms with Crippen LogP contribution in [0.4, 0.5) is 68.2 Å². The van der Waals surface area contributed by atoms with Gasteiger partial charge in [-0.25, -0.2) is 0 Å². The highest BCUT2D eigenvalue weighted by Gasteiger charge is 2.25. The molecule has 432 valence electrons. The topological polar surface area (TPSA) is 475 Å². The Bertz CT molecular complexity index is 5250. The molecule has 0 aliphatic carbocycles. The number of nitrogens with one attached hydrogen (secondary N) is 1. The first-order chi connectivity index (χ1) is 39.9. The number of hydrogen-bond donors (Lipinski definition) is 10. The predicted molar refractivity (Wildman–Crippen MR) is 310 cm³/mol. The largest absolute Gasteiger partial charge is 0.505 e. The van der Waals surface area contributed by atoms with Gasteiger partial charge in [0.1, 0.15) is 26.1 Å². The average Bonchev–Trinajstić information content (AvgIpc) is 1.42. The number of rotatable bonds is 15. The lowest BCUT2D eigenvalue weighted by molar-refractivity contribution is 0.472. The zero-order valence-electron chi connectivity index (χ0n) is 42.4. The van der Waals surface area contributed by atoms with E-state index in [1.807, 2.05) is 0 Å². The number of hydrogen-bond acceptors (Lipinski definition) is 23. The van der Waals surface area contributed by atoms with Crippen molar-refractivity contribution < 1.29 is 75.1 Å². The molecular formula is C52H37N11O17S5. The van der Waals surface area contributed by atoms with Crippen LogP contribution in [0.2, 0.25) is 0 Å². The first-order valence-corrected chi connectivity index (χ1v) is 30.9. The molecule has 0 atom stereocenters. The summed E-state index contributed by atoms with van der Waals surface area (Å²) in [6.07, 6.45) is 0. The zero-order chi connectivity index (χ0) is 61.1. The van der Waals surface area contributed by atoms with Gasteiger partial charge < -0.3 is 27.0 Å². The second kappa shape index (κ2) is 21.7. The molecule has 10 rings (SSSR count). The van der Waals surface area contributed by atoms with Gasteiger partial charge in [0.2, 0.25) is 0 Å². The highest BCUT2D eigenvalue weighted by atomic mass is 32.2. The molecule has 0 amide bonds. The van der Waals surface area contributed by atoms with Crippen LogP contribution < -0.4 is 16.8 Å². The Balaban J connectivity index is 0.920. The maximum atomic E-state index is 12.8. The molecule has 28 nitrogen and oxygen atoms in total. The third-order valence-electron chi connectivity index (χ3n) is 12.6. The second-order valence-electron chi connectivity index (χ2n) is 18.3. The van der Waals surface area contributed by atoms with Crippen LogP contribution >= 0.6 is 0 Å². The SMILES string of the molecule is Nc1ccc2c(O)c(N=Nc3ccc(N=Nc4ccc(Nc5ccc(N=Nc6ccc(N=Nc7c(S(=O)(=O)O)cc8cc(N)ccc8c7O)c7cc(S(=O)(=O)O)ccc67)cc5)c(S(=O)(=O)O)c4)c4cc(S(=O)(=O)O)ccc34)c(S(=O)(=O)O)cc2c1. The lowest BCUT2D eigenvalue weighted by Crippen LogP contribution is -2.03. The smallest absolute Gasteiger partial charge is 0.296 e. The van der Waals surface area contributed by atoms with Gasteiger partial charge in [0.25, 0.3) is 50.6 Å². The minimum atomic E-state index is -5.02. The molecule has 0 aliphatic heterocycles. The van der Waals surface area contributed by atoms with Crippen LogP contribution in [0.15, 0.2) is 217 Å². The zero-order valence-corrected chi connectivity index (χ0v) is 46.5. The quantitative estimate of drug-likeness (QED) is 0.0259. The van der Waals surface area contributed by atoms with E-state index in [-0.39, 0.29) is 100.0 Å². The monoisotopic (exact) mass is 1250 g/mol. The summed E-state index contributed by atoms with van der Waals surface area (Å²) in [7, 11) is -24.6. The Morgan fingerprint density at radius 1 is 0.329 bits per heavy atom. The van der Waals surface area contributed by atoms with Gasteiger partial charge in [-0.2, -0.15) is 52.3 Å². The van der Waals surface area contributed by atoms with E-state index >= 15 is 0 Å². The lowest BCUT2D eigenvalue weighted by atomic mass is 10.1. The molecule has 0 aromatic heterocycles. The van der Waals surface area contributed by atoms with Crippen molar-refractivity contribution in [3.8, 4) is 11.5 Å². The Hall–Kier alpha value is -9.81. The van der Waals surface area contributed by atoms with E-state index in [2.05, 4.69) is 46.2 Å². The summed E-state index contributed by atoms with van der Waals surface area (Å²) in [5.41, 5.74) is 10.8. The number of benzene rings is 10. The third-order valence-corrected chi connectivity index (χ3v) is 17.0. The fourth-order valence-electron chi connectivity index (χ4n) is 8.68. The van der Waals surface area contributed by atoms with Crippen molar-refractivity contribution in [1.82, 2.24) is 0 Å². The van der Waals surface area contributed by atoms with Crippen LogP contribution in [0.3, 0.4) is 0 Å². The van der Waals surface area contributed by atoms with Crippen LogP contribution in [-0.4, -0.2) is 75.1 Å². The van der Waals surface area contributed by atoms with Gasteiger partial charge in [0, 0.05) is 49.4 Å². The van der Waals surface area contributed by atoms with Gasteiger partial charge in [0.05, 0.1) is 49.6 Å². The maximum Gasteiger partial charge on any atom is 0.296 e. The Labute approximate surface area is 479 Å². The van der Waals surface area contributed by atoms with Crippen molar-refractivity contribution in [3.63, 3.8) is 0 Å². The number of aromatic hydroxyl groups is 2. The van der Waals surface area contributed by atoms with Crippen LogP contribution in [0.5, 0.6) is 11.5 Å². The van der Waals surface area contributed by atoms with Gasteiger partial charge in [-0.1, -0.05) is 12.1 Å². The molecule has 10 aromatic rings. The number of phenolic OH excluding ortho intramolecular Hbond substituents is 2. The molecule has 0 radical (unpaired) electrons. The van der Waals surface area contributed by atoms with E-state index in [1.54, 1.807) is 0 Å². The molecule has 33 heteroatoms. The van der Waals surface area contributed by atoms with E-state index in [4.69, 9.17) is 11.5 Å². The van der Waals surface area contributed by atoms with Gasteiger partial charge in [-0.05, 0) is 150 Å². The van der Waals surface area contributed by atoms with Crippen LogP contribution in [0.1, 0.15) is 0 Å². The van der Waals surface area contributed by atoms with E-state index in [9.17, 15) is 75.1 Å². The summed E-state index contributed by atoms with van der Waals surface area (Å²) in [4.78, 5) is -3.47. The molecule has 0 saturated heterocycles. The molecule has 0 aliphatic rings. The average molecular weight is 1250 g/mol. The van der Waals surface area contributed by atoms with Crippen molar-refractivity contribution in [1.29, 1.82) is 0 Å². The minimum absolute atomic E-state index is 0.00528. The van der Waals surface area contributed by atoms with Crippen molar-refractivity contribution in [2.24, 2.45) is 40.9 Å². The molecule has 10 aromatic carbocycles. The summed E-state index contributed by atoms with van der Waals surface area (Å²) >= 11 is 0. The summed E-state index contributed by atoms with van der Waals surface area (Å²) < 4.78 is 174. The Morgan fingerprint density at radius 3 is 1.12 bits per heavy atom. The van der Waals surface area contributed by atoms with Gasteiger partial charge in [0.15, 0.2) is 11.5 Å².